The van der Waals surface area contributed by atoms with Crippen molar-refractivity contribution in [3.8, 4) is 0 Å². The molecule has 0 spiro atoms. The first-order chi connectivity index (χ1) is 4.20. The van der Waals surface area contributed by atoms with Crippen molar-refractivity contribution in [3.05, 3.63) is 0 Å². The Balaban J connectivity index is 2.17. The smallest absolute Gasteiger partial charge is 0.324 e. The van der Waals surface area contributed by atoms with Crippen LogP contribution in [0.25, 0.3) is 0 Å². The SMILES string of the molecule is CC([NH])C(=O)OC1CC1. The van der Waals surface area contributed by atoms with E-state index in [-0.39, 0.29) is 6.10 Å². The van der Waals surface area contributed by atoms with Crippen LogP contribution in [0.2, 0.25) is 0 Å². The number of nitrogens with one attached hydrogen (secondary N) is 1. The fourth-order valence-electron chi connectivity index (χ4n) is 0.452. The highest BCUT2D eigenvalue weighted by atomic mass is 16.5. The Hall–Kier alpha value is -0.570. The van der Waals surface area contributed by atoms with Crippen LogP contribution < -0.4 is 5.73 Å². The molecule has 1 rings (SSSR count). The number of carbonyl (C=O) groups excluding carboxylic acids is 1. The van der Waals surface area contributed by atoms with Crippen molar-refractivity contribution in [3.63, 3.8) is 0 Å². The van der Waals surface area contributed by atoms with Gasteiger partial charge in [-0.05, 0) is 19.8 Å². The van der Waals surface area contributed by atoms with Crippen LogP contribution in [-0.2, 0) is 9.53 Å². The van der Waals surface area contributed by atoms with Gasteiger partial charge in [-0.1, -0.05) is 0 Å². The first-order valence-electron chi connectivity index (χ1n) is 3.12. The van der Waals surface area contributed by atoms with Gasteiger partial charge in [0.25, 0.3) is 0 Å². The zero-order valence-electron chi connectivity index (χ0n) is 5.39. The number of ether oxygens (including phenoxy) is 1. The monoisotopic (exact) mass is 128 g/mol. The van der Waals surface area contributed by atoms with Crippen molar-refractivity contribution >= 4 is 5.97 Å². The normalized spacial score (nSPS) is 21.1. The molecule has 0 aromatic carbocycles. The Morgan fingerprint density at radius 3 is 2.67 bits per heavy atom. The molecule has 1 aliphatic rings. The summed E-state index contributed by atoms with van der Waals surface area (Å²) in [6, 6.07) is -0.717. The van der Waals surface area contributed by atoms with E-state index in [0.29, 0.717) is 0 Å². The molecule has 9 heavy (non-hydrogen) atoms. The molecule has 0 aromatic heterocycles. The van der Waals surface area contributed by atoms with E-state index >= 15 is 0 Å². The van der Waals surface area contributed by atoms with E-state index in [4.69, 9.17) is 10.5 Å². The van der Waals surface area contributed by atoms with Crippen molar-refractivity contribution in [2.45, 2.75) is 31.9 Å². The summed E-state index contributed by atoms with van der Waals surface area (Å²) in [6.45, 7) is 1.52. The zero-order valence-corrected chi connectivity index (χ0v) is 5.39. The van der Waals surface area contributed by atoms with Crippen molar-refractivity contribution in [2.75, 3.05) is 0 Å². The molecular weight excluding hydrogens is 118 g/mol. The molecule has 0 amide bonds. The quantitative estimate of drug-likeness (QED) is 0.504. The summed E-state index contributed by atoms with van der Waals surface area (Å²) in [6.07, 6.45) is 2.11. The molecule has 0 heterocycles. The predicted octanol–water partition coefficient (Wildman–Crippen LogP) is 0.363. The summed E-state index contributed by atoms with van der Waals surface area (Å²) in [4.78, 5) is 10.6. The van der Waals surface area contributed by atoms with Gasteiger partial charge in [0, 0.05) is 0 Å². The third kappa shape index (κ3) is 2.01. The predicted molar refractivity (Wildman–Crippen MR) is 31.7 cm³/mol. The Morgan fingerprint density at radius 2 is 2.33 bits per heavy atom. The van der Waals surface area contributed by atoms with Crippen molar-refractivity contribution in [2.24, 2.45) is 0 Å². The van der Waals surface area contributed by atoms with Crippen LogP contribution in [0, 0.1) is 0 Å². The average molecular weight is 128 g/mol. The average Bonchev–Trinajstić information content (AvgIpc) is 2.50. The molecule has 51 valence electrons. The van der Waals surface area contributed by atoms with Gasteiger partial charge in [-0.3, -0.25) is 4.79 Å². The largest absolute Gasteiger partial charge is 0.461 e. The first kappa shape index (κ1) is 6.55. The molecule has 0 aromatic rings. The standard InChI is InChI=1S/C6H10NO2/c1-4(7)6(8)9-5-2-3-5/h4-5,7H,2-3H2,1H3. The number of hydrogen-bond acceptors (Lipinski definition) is 2. The molecule has 0 saturated heterocycles. The maximum Gasteiger partial charge on any atom is 0.324 e. The van der Waals surface area contributed by atoms with Gasteiger partial charge in [0.2, 0.25) is 0 Å². The molecule has 1 unspecified atom stereocenters. The Labute approximate surface area is 54.2 Å². The minimum absolute atomic E-state index is 0.144. The molecule has 3 heteroatoms. The highest BCUT2D eigenvalue weighted by Crippen LogP contribution is 2.23. The summed E-state index contributed by atoms with van der Waals surface area (Å²) in [5.74, 6) is -0.391. The molecule has 3 nitrogen and oxygen atoms in total. The zero-order chi connectivity index (χ0) is 6.85. The second-order valence-corrected chi connectivity index (χ2v) is 2.36. The number of hydrogen-bond donors (Lipinski definition) is 0. The van der Waals surface area contributed by atoms with E-state index in [1.54, 1.807) is 0 Å². The van der Waals surface area contributed by atoms with Gasteiger partial charge in [0.05, 0.1) is 0 Å². The molecule has 1 saturated carbocycles. The third-order valence-corrected chi connectivity index (χ3v) is 1.16. The van der Waals surface area contributed by atoms with Crippen molar-refractivity contribution < 1.29 is 9.53 Å². The summed E-state index contributed by atoms with van der Waals surface area (Å²) >= 11 is 0. The van der Waals surface area contributed by atoms with Crippen LogP contribution in [0.15, 0.2) is 0 Å². The maximum atomic E-state index is 10.6. The van der Waals surface area contributed by atoms with Gasteiger partial charge in [-0.15, -0.1) is 0 Å². The summed E-state index contributed by atoms with van der Waals surface area (Å²) in [7, 11) is 0. The Kier molecular flexibility index (Phi) is 1.71. The summed E-state index contributed by atoms with van der Waals surface area (Å²) in [5.41, 5.74) is 6.93. The molecule has 1 atom stereocenters. The fourth-order valence-corrected chi connectivity index (χ4v) is 0.452. The highest BCUT2D eigenvalue weighted by molar-refractivity contribution is 5.75. The molecule has 1 fully saturated rings. The second kappa shape index (κ2) is 2.35. The van der Waals surface area contributed by atoms with Crippen LogP contribution in [-0.4, -0.2) is 18.1 Å². The lowest BCUT2D eigenvalue weighted by atomic mass is 10.4. The van der Waals surface area contributed by atoms with Crippen LogP contribution in [0.5, 0.6) is 0 Å². The van der Waals surface area contributed by atoms with Crippen LogP contribution in [0.3, 0.4) is 0 Å². The van der Waals surface area contributed by atoms with Gasteiger partial charge < -0.3 is 4.74 Å². The maximum absolute atomic E-state index is 10.6. The van der Waals surface area contributed by atoms with E-state index in [2.05, 4.69) is 0 Å². The van der Waals surface area contributed by atoms with E-state index in [9.17, 15) is 4.79 Å². The second-order valence-electron chi connectivity index (χ2n) is 2.36. The number of rotatable bonds is 2. The van der Waals surface area contributed by atoms with E-state index < -0.39 is 12.0 Å². The van der Waals surface area contributed by atoms with Crippen LogP contribution >= 0.6 is 0 Å². The van der Waals surface area contributed by atoms with Crippen molar-refractivity contribution in [1.82, 2.24) is 5.73 Å². The van der Waals surface area contributed by atoms with Gasteiger partial charge in [-0.2, -0.15) is 0 Å². The molecule has 1 radical (unpaired) electrons. The number of esters is 1. The highest BCUT2D eigenvalue weighted by Gasteiger charge is 2.27. The Bertz CT molecular complexity index is 118. The van der Waals surface area contributed by atoms with Gasteiger partial charge >= 0.3 is 5.97 Å². The van der Waals surface area contributed by atoms with Crippen LogP contribution in [0.1, 0.15) is 19.8 Å². The molecular formula is C6H10NO2. The lowest BCUT2D eigenvalue weighted by Gasteiger charge is -2.02. The fraction of sp³-hybridized carbons (Fsp3) is 0.833. The summed E-state index contributed by atoms with van der Waals surface area (Å²) < 4.78 is 4.80. The minimum Gasteiger partial charge on any atom is -0.461 e. The van der Waals surface area contributed by atoms with Crippen LogP contribution in [0.4, 0.5) is 0 Å². The van der Waals surface area contributed by atoms with Gasteiger partial charge in [0.15, 0.2) is 0 Å². The molecule has 0 bridgehead atoms. The lowest BCUT2D eigenvalue weighted by molar-refractivity contribution is -0.146. The van der Waals surface area contributed by atoms with E-state index in [0.717, 1.165) is 12.8 Å². The van der Waals surface area contributed by atoms with E-state index in [1.807, 2.05) is 0 Å². The first-order valence-corrected chi connectivity index (χ1v) is 3.12. The minimum atomic E-state index is -0.717. The van der Waals surface area contributed by atoms with Gasteiger partial charge in [-0.25, -0.2) is 5.73 Å². The lowest BCUT2D eigenvalue weighted by Crippen LogP contribution is -2.21. The van der Waals surface area contributed by atoms with Crippen molar-refractivity contribution in [1.29, 1.82) is 0 Å². The molecule has 1 aliphatic carbocycles. The Morgan fingerprint density at radius 1 is 1.78 bits per heavy atom. The molecule has 0 aliphatic heterocycles. The number of carbonyl (C=O) groups is 1. The third-order valence-electron chi connectivity index (χ3n) is 1.16. The van der Waals surface area contributed by atoms with Gasteiger partial charge in [0.1, 0.15) is 12.1 Å². The summed E-state index contributed by atoms with van der Waals surface area (Å²) in [5, 5.41) is 0. The molecule has 1 N–H and O–H groups in total. The topological polar surface area (TPSA) is 50.1 Å². The van der Waals surface area contributed by atoms with E-state index in [1.165, 1.54) is 6.92 Å².